The first-order valence-corrected chi connectivity index (χ1v) is 9.51. The molecule has 1 atom stereocenters. The third-order valence-corrected chi connectivity index (χ3v) is 5.73. The Labute approximate surface area is 142 Å². The lowest BCUT2D eigenvalue weighted by molar-refractivity contribution is 0.0725. The molecule has 1 N–H and O–H groups in total. The van der Waals surface area contributed by atoms with Gasteiger partial charge in [0.15, 0.2) is 0 Å². The van der Waals surface area contributed by atoms with Gasteiger partial charge in [0.05, 0.1) is 19.5 Å². The maximum atomic E-state index is 12.3. The van der Waals surface area contributed by atoms with Crippen LogP contribution in [0.4, 0.5) is 0 Å². The molecule has 24 heavy (non-hydrogen) atoms. The molecule has 1 aromatic heterocycles. The number of ether oxygens (including phenoxy) is 1. The first-order valence-electron chi connectivity index (χ1n) is 8.07. The smallest absolute Gasteiger partial charge is 0.279 e. The predicted molar refractivity (Wildman–Crippen MR) is 90.9 cm³/mol. The van der Waals surface area contributed by atoms with E-state index in [0.29, 0.717) is 39.3 Å². The molecule has 2 heterocycles. The summed E-state index contributed by atoms with van der Waals surface area (Å²) in [5.74, 6) is 0.861. The van der Waals surface area contributed by atoms with Gasteiger partial charge in [-0.1, -0.05) is 30.3 Å². The van der Waals surface area contributed by atoms with Crippen LogP contribution >= 0.6 is 0 Å². The summed E-state index contributed by atoms with van der Waals surface area (Å²) in [4.78, 5) is 0. The fourth-order valence-electron chi connectivity index (χ4n) is 2.86. The van der Waals surface area contributed by atoms with Gasteiger partial charge in [0.1, 0.15) is 5.76 Å². The van der Waals surface area contributed by atoms with Crippen molar-refractivity contribution in [3.05, 3.63) is 60.1 Å². The van der Waals surface area contributed by atoms with E-state index < -0.39 is 10.2 Å². The third-order valence-electron chi connectivity index (χ3n) is 4.12. The fraction of sp³-hybridized carbons (Fsp3) is 0.412. The maximum absolute atomic E-state index is 12.3. The maximum Gasteiger partial charge on any atom is 0.279 e. The molecule has 0 radical (unpaired) electrons. The second-order valence-electron chi connectivity index (χ2n) is 5.68. The van der Waals surface area contributed by atoms with Crippen molar-refractivity contribution in [3.8, 4) is 0 Å². The molecule has 0 aliphatic carbocycles. The van der Waals surface area contributed by atoms with E-state index in [1.54, 1.807) is 6.26 Å². The highest BCUT2D eigenvalue weighted by atomic mass is 32.2. The van der Waals surface area contributed by atoms with Crippen molar-refractivity contribution >= 4 is 10.2 Å². The van der Waals surface area contributed by atoms with Crippen molar-refractivity contribution in [2.24, 2.45) is 0 Å². The van der Waals surface area contributed by atoms with E-state index in [9.17, 15) is 8.42 Å². The average molecular weight is 350 g/mol. The Morgan fingerprint density at radius 3 is 2.50 bits per heavy atom. The van der Waals surface area contributed by atoms with Gasteiger partial charge in [0, 0.05) is 25.6 Å². The summed E-state index contributed by atoms with van der Waals surface area (Å²) in [5.41, 5.74) is 1.11. The Morgan fingerprint density at radius 1 is 1.08 bits per heavy atom. The minimum atomic E-state index is -3.46. The Hall–Kier alpha value is -1.67. The Kier molecular flexibility index (Phi) is 5.68. The zero-order valence-electron chi connectivity index (χ0n) is 13.4. The molecule has 0 spiro atoms. The summed E-state index contributed by atoms with van der Waals surface area (Å²) in [5, 5.41) is 0. The van der Waals surface area contributed by atoms with Crippen LogP contribution in [0.25, 0.3) is 0 Å². The van der Waals surface area contributed by atoms with E-state index in [-0.39, 0.29) is 5.92 Å². The minimum Gasteiger partial charge on any atom is -0.469 e. The van der Waals surface area contributed by atoms with Gasteiger partial charge in [-0.15, -0.1) is 0 Å². The standard InChI is InChI=1S/C17H22N2O4S/c20-24(21,19-10-13-22-14-11-19)18-9-8-16(17-7-4-12-23-17)15-5-2-1-3-6-15/h1-7,12,16,18H,8-11,13-14H2/t16-/m0/s1. The molecule has 130 valence electrons. The number of benzene rings is 1. The predicted octanol–water partition coefficient (Wildman–Crippen LogP) is 1.97. The summed E-state index contributed by atoms with van der Waals surface area (Å²) in [7, 11) is -3.46. The molecular formula is C17H22N2O4S. The molecule has 1 aliphatic rings. The first kappa shape index (κ1) is 17.2. The van der Waals surface area contributed by atoms with Gasteiger partial charge in [-0.3, -0.25) is 0 Å². The van der Waals surface area contributed by atoms with Crippen molar-refractivity contribution < 1.29 is 17.6 Å². The summed E-state index contributed by atoms with van der Waals surface area (Å²) in [6.07, 6.45) is 2.27. The van der Waals surface area contributed by atoms with E-state index in [1.165, 1.54) is 4.31 Å². The Balaban J connectivity index is 1.64. The number of furan rings is 1. The Morgan fingerprint density at radius 2 is 1.83 bits per heavy atom. The molecule has 3 rings (SSSR count). The molecule has 1 aromatic carbocycles. The summed E-state index contributed by atoms with van der Waals surface area (Å²) in [6, 6.07) is 13.8. The van der Waals surface area contributed by atoms with Crippen LogP contribution < -0.4 is 4.72 Å². The molecule has 2 aromatic rings. The largest absolute Gasteiger partial charge is 0.469 e. The van der Waals surface area contributed by atoms with E-state index in [1.807, 2.05) is 42.5 Å². The van der Waals surface area contributed by atoms with Gasteiger partial charge in [0.25, 0.3) is 10.2 Å². The minimum absolute atomic E-state index is 0.0218. The molecule has 0 bridgehead atoms. The summed E-state index contributed by atoms with van der Waals surface area (Å²) < 4.78 is 39.5. The number of nitrogens with one attached hydrogen (secondary N) is 1. The van der Waals surface area contributed by atoms with Crippen molar-refractivity contribution in [2.75, 3.05) is 32.8 Å². The first-order chi connectivity index (χ1) is 11.7. The zero-order valence-corrected chi connectivity index (χ0v) is 14.2. The lowest BCUT2D eigenvalue weighted by Gasteiger charge is -2.26. The van der Waals surface area contributed by atoms with E-state index in [4.69, 9.17) is 9.15 Å². The van der Waals surface area contributed by atoms with Crippen LogP contribution in [0.5, 0.6) is 0 Å². The lowest BCUT2D eigenvalue weighted by Crippen LogP contribution is -2.46. The SMILES string of the molecule is O=S(=O)(NCC[C@@H](c1ccccc1)c1ccco1)N1CCOCC1. The normalized spacial score (nSPS) is 17.7. The van der Waals surface area contributed by atoms with Crippen LogP contribution in [0.3, 0.4) is 0 Å². The van der Waals surface area contributed by atoms with E-state index in [2.05, 4.69) is 4.72 Å². The summed E-state index contributed by atoms with van der Waals surface area (Å²) in [6.45, 7) is 2.03. The van der Waals surface area contributed by atoms with Gasteiger partial charge in [-0.05, 0) is 24.1 Å². The van der Waals surface area contributed by atoms with Crippen molar-refractivity contribution in [2.45, 2.75) is 12.3 Å². The van der Waals surface area contributed by atoms with Gasteiger partial charge < -0.3 is 9.15 Å². The second kappa shape index (κ2) is 7.94. The van der Waals surface area contributed by atoms with Gasteiger partial charge >= 0.3 is 0 Å². The van der Waals surface area contributed by atoms with Crippen molar-refractivity contribution in [1.29, 1.82) is 0 Å². The number of rotatable bonds is 7. The topological polar surface area (TPSA) is 71.8 Å². The number of hydrogen-bond donors (Lipinski definition) is 1. The number of nitrogens with zero attached hydrogens (tertiary/aromatic N) is 1. The molecule has 1 aliphatic heterocycles. The quantitative estimate of drug-likeness (QED) is 0.829. The highest BCUT2D eigenvalue weighted by Gasteiger charge is 2.24. The molecule has 0 saturated carbocycles. The highest BCUT2D eigenvalue weighted by molar-refractivity contribution is 7.87. The molecule has 0 amide bonds. The lowest BCUT2D eigenvalue weighted by atomic mass is 9.93. The molecule has 1 saturated heterocycles. The molecular weight excluding hydrogens is 328 g/mol. The van der Waals surface area contributed by atoms with Crippen molar-refractivity contribution in [3.63, 3.8) is 0 Å². The number of morpholine rings is 1. The van der Waals surface area contributed by atoms with Crippen LogP contribution in [0, 0.1) is 0 Å². The van der Waals surface area contributed by atoms with Crippen LogP contribution in [-0.4, -0.2) is 45.6 Å². The van der Waals surface area contributed by atoms with Gasteiger partial charge in [-0.2, -0.15) is 12.7 Å². The van der Waals surface area contributed by atoms with Gasteiger partial charge in [-0.25, -0.2) is 4.72 Å². The average Bonchev–Trinajstić information content (AvgIpc) is 3.14. The van der Waals surface area contributed by atoms with Gasteiger partial charge in [0.2, 0.25) is 0 Å². The third kappa shape index (κ3) is 4.24. The van der Waals surface area contributed by atoms with Crippen LogP contribution in [0.15, 0.2) is 53.1 Å². The van der Waals surface area contributed by atoms with E-state index >= 15 is 0 Å². The second-order valence-corrected chi connectivity index (χ2v) is 7.43. The Bertz CT molecular complexity index is 710. The summed E-state index contributed by atoms with van der Waals surface area (Å²) >= 11 is 0. The van der Waals surface area contributed by atoms with Crippen LogP contribution in [0.2, 0.25) is 0 Å². The van der Waals surface area contributed by atoms with Crippen LogP contribution in [-0.2, 0) is 14.9 Å². The highest BCUT2D eigenvalue weighted by Crippen LogP contribution is 2.27. The van der Waals surface area contributed by atoms with E-state index in [0.717, 1.165) is 11.3 Å². The fourth-order valence-corrected chi connectivity index (χ4v) is 4.05. The molecule has 1 fully saturated rings. The molecule has 0 unspecified atom stereocenters. The molecule has 6 nitrogen and oxygen atoms in total. The zero-order chi connectivity index (χ0) is 16.8. The molecule has 7 heteroatoms. The van der Waals surface area contributed by atoms with Crippen LogP contribution in [0.1, 0.15) is 23.7 Å². The number of hydrogen-bond acceptors (Lipinski definition) is 4. The van der Waals surface area contributed by atoms with Crippen molar-refractivity contribution in [1.82, 2.24) is 9.03 Å². The monoisotopic (exact) mass is 350 g/mol.